The summed E-state index contributed by atoms with van der Waals surface area (Å²) >= 11 is 0. The van der Waals surface area contributed by atoms with E-state index in [2.05, 4.69) is 4.90 Å². The molecule has 2 heterocycles. The van der Waals surface area contributed by atoms with Crippen molar-refractivity contribution in [3.63, 3.8) is 0 Å². The molecule has 0 N–H and O–H groups in total. The average Bonchev–Trinajstić information content (AvgIpc) is 2.53. The number of carbonyl (C=O) groups is 1. The number of carbonyl (C=O) groups excluding carboxylic acids is 1. The van der Waals surface area contributed by atoms with Crippen molar-refractivity contribution in [1.82, 2.24) is 4.90 Å². The predicted molar refractivity (Wildman–Crippen MR) is 80.9 cm³/mol. The molecule has 0 aliphatic carbocycles. The van der Waals surface area contributed by atoms with Gasteiger partial charge < -0.3 is 9.47 Å². The Morgan fingerprint density at radius 2 is 2.00 bits per heavy atom. The Labute approximate surface area is 126 Å². The highest BCUT2D eigenvalue weighted by Gasteiger charge is 2.37. The molecule has 0 spiro atoms. The van der Waals surface area contributed by atoms with Crippen LogP contribution in [0.4, 0.5) is 0 Å². The molecule has 0 amide bonds. The lowest BCUT2D eigenvalue weighted by atomic mass is 9.85. The first kappa shape index (κ1) is 14.4. The van der Waals surface area contributed by atoms with Crippen LogP contribution >= 0.6 is 0 Å². The molecule has 0 radical (unpaired) electrons. The van der Waals surface area contributed by atoms with Crippen LogP contribution < -0.4 is 9.47 Å². The van der Waals surface area contributed by atoms with E-state index in [1.807, 2.05) is 18.2 Å². The van der Waals surface area contributed by atoms with Gasteiger partial charge in [0.15, 0.2) is 0 Å². The summed E-state index contributed by atoms with van der Waals surface area (Å²) in [5.74, 6) is 1.98. The maximum Gasteiger partial charge on any atom is 0.136 e. The lowest BCUT2D eigenvalue weighted by Gasteiger charge is -2.44. The first-order valence-corrected chi connectivity index (χ1v) is 7.72. The molecule has 0 aromatic heterocycles. The Morgan fingerprint density at radius 3 is 2.76 bits per heavy atom. The van der Waals surface area contributed by atoms with Gasteiger partial charge in [-0.25, -0.2) is 0 Å². The topological polar surface area (TPSA) is 38.8 Å². The molecular weight excluding hydrogens is 266 g/mol. The van der Waals surface area contributed by atoms with Crippen molar-refractivity contribution >= 4 is 5.78 Å². The van der Waals surface area contributed by atoms with Crippen LogP contribution in [0.2, 0.25) is 0 Å². The number of piperidine rings is 2. The molecule has 0 bridgehead atoms. The zero-order valence-electron chi connectivity index (χ0n) is 12.8. The minimum absolute atomic E-state index is 0.150. The van der Waals surface area contributed by atoms with E-state index >= 15 is 0 Å². The second-order valence-corrected chi connectivity index (χ2v) is 5.96. The van der Waals surface area contributed by atoms with E-state index in [1.165, 1.54) is 12.8 Å². The normalized spacial score (nSPS) is 26.3. The highest BCUT2D eigenvalue weighted by atomic mass is 16.5. The van der Waals surface area contributed by atoms with Crippen molar-refractivity contribution in [3.05, 3.63) is 23.8 Å². The van der Waals surface area contributed by atoms with Crippen LogP contribution in [0.1, 0.15) is 43.7 Å². The smallest absolute Gasteiger partial charge is 0.136 e. The van der Waals surface area contributed by atoms with E-state index < -0.39 is 0 Å². The van der Waals surface area contributed by atoms with Gasteiger partial charge in [0, 0.05) is 36.6 Å². The molecule has 2 fully saturated rings. The van der Waals surface area contributed by atoms with Crippen LogP contribution in [0.15, 0.2) is 18.2 Å². The van der Waals surface area contributed by atoms with Crippen molar-refractivity contribution < 1.29 is 14.3 Å². The fourth-order valence-corrected chi connectivity index (χ4v) is 3.71. The standard InChI is InChI=1S/C17H23NO3/c1-20-14-6-7-15(17(11-14)21-2)16-10-13(19)9-12-5-3-4-8-18(12)16/h6-7,11-12,16H,3-5,8-10H2,1-2H3/t12-,16+/m0/s1. The van der Waals surface area contributed by atoms with Gasteiger partial charge in [-0.3, -0.25) is 9.69 Å². The van der Waals surface area contributed by atoms with E-state index in [4.69, 9.17) is 9.47 Å². The van der Waals surface area contributed by atoms with Crippen molar-refractivity contribution in [2.75, 3.05) is 20.8 Å². The molecule has 4 heteroatoms. The molecule has 2 saturated heterocycles. The minimum Gasteiger partial charge on any atom is -0.497 e. The largest absolute Gasteiger partial charge is 0.497 e. The van der Waals surface area contributed by atoms with E-state index in [0.29, 0.717) is 18.2 Å². The van der Waals surface area contributed by atoms with E-state index in [1.54, 1.807) is 14.2 Å². The van der Waals surface area contributed by atoms with Gasteiger partial charge >= 0.3 is 0 Å². The summed E-state index contributed by atoms with van der Waals surface area (Å²) < 4.78 is 10.8. The first-order valence-electron chi connectivity index (χ1n) is 7.72. The Hall–Kier alpha value is -1.55. The van der Waals surface area contributed by atoms with Crippen LogP contribution in [0.25, 0.3) is 0 Å². The number of methoxy groups -OCH3 is 2. The Kier molecular flexibility index (Phi) is 4.15. The molecule has 4 nitrogen and oxygen atoms in total. The fraction of sp³-hybridized carbons (Fsp3) is 0.588. The quantitative estimate of drug-likeness (QED) is 0.857. The molecule has 3 rings (SSSR count). The van der Waals surface area contributed by atoms with E-state index in [0.717, 1.165) is 36.4 Å². The van der Waals surface area contributed by atoms with Gasteiger partial charge in [0.2, 0.25) is 0 Å². The molecule has 2 atom stereocenters. The molecule has 21 heavy (non-hydrogen) atoms. The number of nitrogens with zero attached hydrogens (tertiary/aromatic N) is 1. The zero-order chi connectivity index (χ0) is 14.8. The van der Waals surface area contributed by atoms with Crippen molar-refractivity contribution in [2.45, 2.75) is 44.2 Å². The Morgan fingerprint density at radius 1 is 1.14 bits per heavy atom. The van der Waals surface area contributed by atoms with Crippen molar-refractivity contribution in [1.29, 1.82) is 0 Å². The summed E-state index contributed by atoms with van der Waals surface area (Å²) in [4.78, 5) is 14.6. The van der Waals surface area contributed by atoms with Crippen molar-refractivity contribution in [2.24, 2.45) is 0 Å². The van der Waals surface area contributed by atoms with Crippen LogP contribution in [0, 0.1) is 0 Å². The maximum absolute atomic E-state index is 12.1. The molecule has 2 aliphatic heterocycles. The fourth-order valence-electron chi connectivity index (χ4n) is 3.71. The summed E-state index contributed by atoms with van der Waals surface area (Å²) in [5.41, 5.74) is 1.11. The van der Waals surface area contributed by atoms with Crippen LogP contribution in [-0.4, -0.2) is 37.5 Å². The molecule has 0 saturated carbocycles. The molecule has 1 aromatic rings. The third kappa shape index (κ3) is 2.77. The third-order valence-corrected chi connectivity index (χ3v) is 4.76. The highest BCUT2D eigenvalue weighted by molar-refractivity contribution is 5.81. The summed E-state index contributed by atoms with van der Waals surface area (Å²) in [6, 6.07) is 6.48. The van der Waals surface area contributed by atoms with Gasteiger partial charge in [0.05, 0.1) is 14.2 Å². The lowest BCUT2D eigenvalue weighted by Crippen LogP contribution is -2.47. The van der Waals surface area contributed by atoms with Gasteiger partial charge in [-0.05, 0) is 25.5 Å². The number of ketones is 1. The first-order chi connectivity index (χ1) is 10.2. The summed E-state index contributed by atoms with van der Waals surface area (Å²) in [6.45, 7) is 1.08. The molecule has 2 aliphatic rings. The summed E-state index contributed by atoms with van der Waals surface area (Å²) in [7, 11) is 3.33. The average molecular weight is 289 g/mol. The van der Waals surface area contributed by atoms with Gasteiger partial charge in [-0.15, -0.1) is 0 Å². The molecular formula is C17H23NO3. The zero-order valence-corrected chi connectivity index (χ0v) is 12.8. The third-order valence-electron chi connectivity index (χ3n) is 4.76. The molecule has 0 unspecified atom stereocenters. The number of fused-ring (bicyclic) bond motifs is 1. The number of ether oxygens (including phenoxy) is 2. The second kappa shape index (κ2) is 6.06. The number of hydrogen-bond donors (Lipinski definition) is 0. The van der Waals surface area contributed by atoms with E-state index in [-0.39, 0.29) is 6.04 Å². The minimum atomic E-state index is 0.150. The predicted octanol–water partition coefficient (Wildman–Crippen LogP) is 2.96. The second-order valence-electron chi connectivity index (χ2n) is 5.96. The summed E-state index contributed by atoms with van der Waals surface area (Å²) in [5, 5.41) is 0. The Bertz CT molecular complexity index is 529. The van der Waals surface area contributed by atoms with Crippen LogP contribution in [-0.2, 0) is 4.79 Å². The number of hydrogen-bond acceptors (Lipinski definition) is 4. The monoisotopic (exact) mass is 289 g/mol. The lowest BCUT2D eigenvalue weighted by molar-refractivity contribution is -0.126. The van der Waals surface area contributed by atoms with Crippen molar-refractivity contribution in [3.8, 4) is 11.5 Å². The SMILES string of the molecule is COc1ccc([C@H]2CC(=O)C[C@@H]3CCCCN32)c(OC)c1. The van der Waals surface area contributed by atoms with E-state index in [9.17, 15) is 4.79 Å². The van der Waals surface area contributed by atoms with Crippen LogP contribution in [0.5, 0.6) is 11.5 Å². The number of rotatable bonds is 3. The maximum atomic E-state index is 12.1. The molecule has 1 aromatic carbocycles. The van der Waals surface area contributed by atoms with Gasteiger partial charge in [0.1, 0.15) is 17.3 Å². The van der Waals surface area contributed by atoms with Gasteiger partial charge in [-0.1, -0.05) is 12.5 Å². The number of Topliss-reactive ketones (excluding diaryl/α,β-unsaturated/α-hetero) is 1. The van der Waals surface area contributed by atoms with Gasteiger partial charge in [0.25, 0.3) is 0 Å². The Balaban J connectivity index is 1.95. The summed E-state index contributed by atoms with van der Waals surface area (Å²) in [6.07, 6.45) is 4.91. The molecule has 114 valence electrons. The van der Waals surface area contributed by atoms with Gasteiger partial charge in [-0.2, -0.15) is 0 Å². The highest BCUT2D eigenvalue weighted by Crippen LogP contribution is 2.41. The number of benzene rings is 1. The van der Waals surface area contributed by atoms with Crippen LogP contribution in [0.3, 0.4) is 0 Å².